The molecular weight excluding hydrogens is 745 g/mol. The van der Waals surface area contributed by atoms with Gasteiger partial charge in [-0.05, 0) is 83.5 Å². The van der Waals surface area contributed by atoms with Crippen LogP contribution in [0.3, 0.4) is 0 Å². The minimum Gasteiger partial charge on any atom is -0.462 e. The quantitative estimate of drug-likeness (QED) is 0.0201. The lowest BCUT2D eigenvalue weighted by molar-refractivity contribution is -0.167. The number of carbonyl (C=O) groups is 3. The van der Waals surface area contributed by atoms with E-state index in [0.717, 1.165) is 96.3 Å². The SMILES string of the molecule is CC\C=C/C=C\C=C/C=C\C=C\C=C/C=C\CCCCCC(=O)OCC(COC(=O)CCCCC/C=C\C=C/CCCC)OC(=O)CCCCCCC/C=C\CCCCC. The van der Waals surface area contributed by atoms with Crippen LogP contribution in [-0.4, -0.2) is 37.2 Å². The van der Waals surface area contributed by atoms with Crippen molar-refractivity contribution in [2.75, 3.05) is 13.2 Å². The fourth-order valence-electron chi connectivity index (χ4n) is 5.81. The number of rotatable bonds is 40. The maximum absolute atomic E-state index is 12.7. The first kappa shape index (κ1) is 55.8. The van der Waals surface area contributed by atoms with E-state index >= 15 is 0 Å². The minimum absolute atomic E-state index is 0.114. The molecule has 0 heterocycles. The van der Waals surface area contributed by atoms with Gasteiger partial charge in [0.2, 0.25) is 0 Å². The molecule has 0 aromatic carbocycles. The predicted octanol–water partition coefficient (Wildman–Crippen LogP) is 15.4. The van der Waals surface area contributed by atoms with Gasteiger partial charge >= 0.3 is 17.9 Å². The average molecular weight is 829 g/mol. The molecule has 0 bridgehead atoms. The van der Waals surface area contributed by atoms with Crippen molar-refractivity contribution in [2.24, 2.45) is 0 Å². The summed E-state index contributed by atoms with van der Waals surface area (Å²) >= 11 is 0. The highest BCUT2D eigenvalue weighted by Gasteiger charge is 2.19. The van der Waals surface area contributed by atoms with Crippen LogP contribution in [0.4, 0.5) is 0 Å². The lowest BCUT2D eigenvalue weighted by atomic mass is 10.1. The molecule has 6 nitrogen and oxygen atoms in total. The van der Waals surface area contributed by atoms with Crippen LogP contribution in [0, 0.1) is 0 Å². The maximum atomic E-state index is 12.7. The Hall–Kier alpha value is -4.19. The fraction of sp³-hybridized carbons (Fsp3) is 0.574. The zero-order valence-electron chi connectivity index (χ0n) is 38.2. The Morgan fingerprint density at radius 1 is 0.350 bits per heavy atom. The summed E-state index contributed by atoms with van der Waals surface area (Å²) in [5.74, 6) is -1.01. The Balaban J connectivity index is 4.54. The van der Waals surface area contributed by atoms with E-state index in [1.165, 1.54) is 44.9 Å². The van der Waals surface area contributed by atoms with E-state index < -0.39 is 6.10 Å². The van der Waals surface area contributed by atoms with Crippen LogP contribution >= 0.6 is 0 Å². The predicted molar refractivity (Wildman–Crippen MR) is 256 cm³/mol. The van der Waals surface area contributed by atoms with Crippen molar-refractivity contribution in [2.45, 2.75) is 187 Å². The molecule has 0 saturated carbocycles. The van der Waals surface area contributed by atoms with Gasteiger partial charge in [0, 0.05) is 19.3 Å². The van der Waals surface area contributed by atoms with E-state index in [1.54, 1.807) is 0 Å². The second-order valence-corrected chi connectivity index (χ2v) is 15.1. The zero-order valence-corrected chi connectivity index (χ0v) is 38.2. The summed E-state index contributed by atoms with van der Waals surface area (Å²) < 4.78 is 16.7. The molecule has 0 aliphatic carbocycles. The van der Waals surface area contributed by atoms with Crippen LogP contribution in [-0.2, 0) is 28.6 Å². The van der Waals surface area contributed by atoms with E-state index in [2.05, 4.69) is 69.4 Å². The molecule has 0 aliphatic rings. The Bertz CT molecular complexity index is 1320. The van der Waals surface area contributed by atoms with Gasteiger partial charge in [-0.3, -0.25) is 14.4 Å². The van der Waals surface area contributed by atoms with Crippen LogP contribution < -0.4 is 0 Å². The van der Waals surface area contributed by atoms with Crippen molar-refractivity contribution in [3.63, 3.8) is 0 Å². The first-order valence-corrected chi connectivity index (χ1v) is 23.7. The molecule has 0 rings (SSSR count). The molecule has 0 aromatic heterocycles. The summed E-state index contributed by atoms with van der Waals surface area (Å²) in [7, 11) is 0. The topological polar surface area (TPSA) is 78.9 Å². The molecule has 0 fully saturated rings. The van der Waals surface area contributed by atoms with Gasteiger partial charge in [0.25, 0.3) is 0 Å². The first-order chi connectivity index (χ1) is 29.5. The summed E-state index contributed by atoms with van der Waals surface area (Å²) in [5.41, 5.74) is 0. The highest BCUT2D eigenvalue weighted by Crippen LogP contribution is 2.12. The van der Waals surface area contributed by atoms with Gasteiger partial charge in [0.1, 0.15) is 13.2 Å². The molecule has 60 heavy (non-hydrogen) atoms. The van der Waals surface area contributed by atoms with E-state index in [1.807, 2.05) is 72.9 Å². The molecule has 0 N–H and O–H groups in total. The lowest BCUT2D eigenvalue weighted by Gasteiger charge is -2.18. The van der Waals surface area contributed by atoms with Crippen LogP contribution in [0.5, 0.6) is 0 Å². The third kappa shape index (κ3) is 44.9. The van der Waals surface area contributed by atoms with Crippen LogP contribution in [0.15, 0.2) is 122 Å². The number of hydrogen-bond donors (Lipinski definition) is 0. The molecular formula is C54H84O6. The Kier molecular flexibility index (Phi) is 44.2. The number of hydrogen-bond acceptors (Lipinski definition) is 6. The Morgan fingerprint density at radius 2 is 0.683 bits per heavy atom. The number of esters is 3. The molecule has 1 unspecified atom stereocenters. The smallest absolute Gasteiger partial charge is 0.306 e. The molecule has 0 radical (unpaired) electrons. The van der Waals surface area contributed by atoms with Gasteiger partial charge in [-0.1, -0.05) is 200 Å². The highest BCUT2D eigenvalue weighted by molar-refractivity contribution is 5.71. The molecule has 0 spiro atoms. The van der Waals surface area contributed by atoms with Gasteiger partial charge in [0.05, 0.1) is 0 Å². The van der Waals surface area contributed by atoms with E-state index in [9.17, 15) is 14.4 Å². The maximum Gasteiger partial charge on any atom is 0.306 e. The molecule has 0 aliphatic heterocycles. The van der Waals surface area contributed by atoms with Crippen LogP contribution in [0.2, 0.25) is 0 Å². The van der Waals surface area contributed by atoms with Crippen molar-refractivity contribution < 1.29 is 28.6 Å². The van der Waals surface area contributed by atoms with Gasteiger partial charge in [-0.2, -0.15) is 0 Å². The van der Waals surface area contributed by atoms with Crippen LogP contribution in [0.1, 0.15) is 181 Å². The van der Waals surface area contributed by atoms with Gasteiger partial charge < -0.3 is 14.2 Å². The second kappa shape index (κ2) is 47.5. The Morgan fingerprint density at radius 3 is 1.15 bits per heavy atom. The van der Waals surface area contributed by atoms with E-state index in [0.29, 0.717) is 19.3 Å². The molecule has 0 saturated heterocycles. The van der Waals surface area contributed by atoms with Crippen molar-refractivity contribution in [3.05, 3.63) is 122 Å². The van der Waals surface area contributed by atoms with Crippen molar-refractivity contribution in [1.82, 2.24) is 0 Å². The average Bonchev–Trinajstić information content (AvgIpc) is 3.24. The number of carbonyl (C=O) groups excluding carboxylic acids is 3. The van der Waals surface area contributed by atoms with Crippen LogP contribution in [0.25, 0.3) is 0 Å². The van der Waals surface area contributed by atoms with Gasteiger partial charge in [-0.15, -0.1) is 0 Å². The van der Waals surface area contributed by atoms with Crippen molar-refractivity contribution >= 4 is 17.9 Å². The van der Waals surface area contributed by atoms with E-state index in [4.69, 9.17) is 14.2 Å². The van der Waals surface area contributed by atoms with Crippen molar-refractivity contribution in [1.29, 1.82) is 0 Å². The summed E-state index contributed by atoms with van der Waals surface area (Å²) in [6, 6.07) is 0. The molecule has 336 valence electrons. The van der Waals surface area contributed by atoms with E-state index in [-0.39, 0.29) is 31.1 Å². The summed E-state index contributed by atoms with van der Waals surface area (Å²) in [5, 5.41) is 0. The molecule has 6 heteroatoms. The minimum atomic E-state index is -0.814. The summed E-state index contributed by atoms with van der Waals surface area (Å²) in [6.07, 6.45) is 64.6. The Labute approximate surface area is 367 Å². The van der Waals surface area contributed by atoms with Crippen molar-refractivity contribution in [3.8, 4) is 0 Å². The molecule has 0 aromatic rings. The second-order valence-electron chi connectivity index (χ2n) is 15.1. The standard InChI is InChI=1S/C54H84O6/c1-4-7-10-13-16-19-22-24-25-26-27-28-29-30-33-35-38-41-44-47-53(56)59-50-51(49-58-52(55)46-43-40-37-34-31-21-18-15-12-9-6-3)60-54(57)48-45-42-39-36-32-23-20-17-14-11-8-5-2/h7,10,13,15-22,24-31,33,51H,4-6,8-9,11-12,14,23,32,34-50H2,1-3H3/b10-7-,16-13-,18-15-,20-17-,22-19-,25-24-,27-26+,29-28-,31-21-,33-30-. The number of ether oxygens (including phenoxy) is 3. The van der Waals surface area contributed by atoms with Gasteiger partial charge in [0.15, 0.2) is 6.10 Å². The number of unbranched alkanes of at least 4 members (excludes halogenated alkanes) is 16. The normalized spacial score (nSPS) is 13.2. The third-order valence-corrected chi connectivity index (χ3v) is 9.39. The monoisotopic (exact) mass is 829 g/mol. The fourth-order valence-corrected chi connectivity index (χ4v) is 5.81. The zero-order chi connectivity index (χ0) is 43.7. The first-order valence-electron chi connectivity index (χ1n) is 23.7. The largest absolute Gasteiger partial charge is 0.462 e. The molecule has 1 atom stereocenters. The lowest BCUT2D eigenvalue weighted by Crippen LogP contribution is -2.30. The summed E-state index contributed by atoms with van der Waals surface area (Å²) in [4.78, 5) is 37.8. The third-order valence-electron chi connectivity index (χ3n) is 9.39. The summed E-state index contributed by atoms with van der Waals surface area (Å²) in [6.45, 7) is 6.31. The number of allylic oxidation sites excluding steroid dienone is 20. The highest BCUT2D eigenvalue weighted by atomic mass is 16.6. The van der Waals surface area contributed by atoms with Gasteiger partial charge in [-0.25, -0.2) is 0 Å². The molecule has 0 amide bonds.